The van der Waals surface area contributed by atoms with Crippen LogP contribution in [-0.4, -0.2) is 15.5 Å². The first-order chi connectivity index (χ1) is 8.47. The van der Waals surface area contributed by atoms with Crippen molar-refractivity contribution >= 4 is 11.8 Å². The minimum Gasteiger partial charge on any atom is -0.303 e. The fourth-order valence-electron chi connectivity index (χ4n) is 1.45. The molecule has 0 amide bonds. The summed E-state index contributed by atoms with van der Waals surface area (Å²) < 4.78 is 1.92. The molecule has 0 aliphatic rings. The Bertz CT molecular complexity index is 398. The van der Waals surface area contributed by atoms with Crippen LogP contribution in [0.15, 0.2) is 12.3 Å². The third-order valence-electron chi connectivity index (χ3n) is 2.47. The average Bonchev–Trinajstić information content (AvgIpc) is 2.75. The van der Waals surface area contributed by atoms with E-state index in [1.54, 1.807) is 0 Å². The van der Waals surface area contributed by atoms with Crippen LogP contribution in [0.1, 0.15) is 65.8 Å². The molecule has 1 aromatic rings. The quantitative estimate of drug-likeness (QED) is 0.782. The Morgan fingerprint density at radius 2 is 1.83 bits per heavy atom. The summed E-state index contributed by atoms with van der Waals surface area (Å²) >= 11 is 0. The van der Waals surface area contributed by atoms with Crippen LogP contribution >= 0.6 is 0 Å². The van der Waals surface area contributed by atoms with Gasteiger partial charge in [0.1, 0.15) is 5.69 Å². The molecule has 18 heavy (non-hydrogen) atoms. The molecule has 0 spiro atoms. The molecule has 1 heterocycles. The second-order valence-corrected chi connectivity index (χ2v) is 4.58. The molecule has 1 aromatic heterocycles. The Hall–Kier alpha value is -1.38. The van der Waals surface area contributed by atoms with Gasteiger partial charge in [-0.05, 0) is 26.7 Å². The summed E-state index contributed by atoms with van der Waals surface area (Å²) in [4.78, 5) is 0. The summed E-state index contributed by atoms with van der Waals surface area (Å²) in [5.74, 6) is 0.208. The van der Waals surface area contributed by atoms with Gasteiger partial charge in [0.25, 0.3) is 0 Å². The van der Waals surface area contributed by atoms with Crippen molar-refractivity contribution in [3.8, 4) is 0 Å². The number of nitrogens with zero attached hydrogens (tertiary/aromatic N) is 2. The predicted octanol–water partition coefficient (Wildman–Crippen LogP) is 4.55. The fourth-order valence-corrected chi connectivity index (χ4v) is 1.45. The molecule has 3 heteroatoms. The van der Waals surface area contributed by atoms with Crippen molar-refractivity contribution in [1.29, 1.82) is 5.41 Å². The van der Waals surface area contributed by atoms with Crippen molar-refractivity contribution < 1.29 is 0 Å². The van der Waals surface area contributed by atoms with Crippen molar-refractivity contribution in [1.82, 2.24) is 9.78 Å². The van der Waals surface area contributed by atoms with Gasteiger partial charge >= 0.3 is 0 Å². The van der Waals surface area contributed by atoms with Crippen LogP contribution < -0.4 is 0 Å². The smallest absolute Gasteiger partial charge is 0.113 e. The maximum Gasteiger partial charge on any atom is 0.113 e. The van der Waals surface area contributed by atoms with Crippen LogP contribution in [0.5, 0.6) is 0 Å². The van der Waals surface area contributed by atoms with Gasteiger partial charge in [-0.15, -0.1) is 0 Å². The van der Waals surface area contributed by atoms with E-state index in [1.165, 1.54) is 0 Å². The molecule has 0 atom stereocenters. The van der Waals surface area contributed by atoms with Crippen molar-refractivity contribution in [2.24, 2.45) is 5.92 Å². The van der Waals surface area contributed by atoms with Gasteiger partial charge in [0, 0.05) is 17.8 Å². The lowest BCUT2D eigenvalue weighted by atomic mass is 10.0. The van der Waals surface area contributed by atoms with E-state index in [1.807, 2.05) is 57.6 Å². The maximum absolute atomic E-state index is 8.05. The highest BCUT2D eigenvalue weighted by molar-refractivity contribution is 6.00. The minimum absolute atomic E-state index is 0.208. The van der Waals surface area contributed by atoms with Crippen LogP contribution in [-0.2, 0) is 0 Å². The van der Waals surface area contributed by atoms with Crippen LogP contribution in [0, 0.1) is 11.3 Å². The van der Waals surface area contributed by atoms with Gasteiger partial charge in [-0.1, -0.05) is 39.8 Å². The minimum atomic E-state index is 0.208. The molecular formula is C15H27N3. The van der Waals surface area contributed by atoms with Crippen LogP contribution in [0.3, 0.4) is 0 Å². The second kappa shape index (κ2) is 7.85. The number of allylic oxidation sites excluding steroid dienone is 1. The van der Waals surface area contributed by atoms with Gasteiger partial charge in [0.05, 0.1) is 5.71 Å². The number of hydrogen-bond donors (Lipinski definition) is 1. The molecular weight excluding hydrogens is 222 g/mol. The van der Waals surface area contributed by atoms with E-state index < -0.39 is 0 Å². The Kier molecular flexibility index (Phi) is 7.25. The van der Waals surface area contributed by atoms with Gasteiger partial charge in [0.15, 0.2) is 0 Å². The molecule has 102 valence electrons. The number of aromatic nitrogens is 2. The number of nitrogens with one attached hydrogen (secondary N) is 1. The Balaban J connectivity index is 0.00000137. The number of hydrogen-bond acceptors (Lipinski definition) is 2. The van der Waals surface area contributed by atoms with Gasteiger partial charge in [-0.3, -0.25) is 4.68 Å². The van der Waals surface area contributed by atoms with Gasteiger partial charge in [-0.2, -0.15) is 5.10 Å². The second-order valence-electron chi connectivity index (χ2n) is 4.58. The summed E-state index contributed by atoms with van der Waals surface area (Å²) in [6.07, 6.45) is 6.01. The summed E-state index contributed by atoms with van der Waals surface area (Å²) in [5.41, 5.74) is 2.45. The topological polar surface area (TPSA) is 41.7 Å². The average molecular weight is 249 g/mol. The van der Waals surface area contributed by atoms with E-state index in [4.69, 9.17) is 5.41 Å². The SMILES string of the molecule is C/C=C\c1cn(C(C)C)nc1C(=N)C(C)C.CC. The van der Waals surface area contributed by atoms with E-state index >= 15 is 0 Å². The number of rotatable bonds is 4. The monoisotopic (exact) mass is 249 g/mol. The van der Waals surface area contributed by atoms with E-state index in [9.17, 15) is 0 Å². The van der Waals surface area contributed by atoms with Gasteiger partial charge in [0.2, 0.25) is 0 Å². The predicted molar refractivity (Wildman–Crippen MR) is 80.3 cm³/mol. The molecule has 0 saturated heterocycles. The largest absolute Gasteiger partial charge is 0.303 e. The molecule has 1 N–H and O–H groups in total. The highest BCUT2D eigenvalue weighted by atomic mass is 15.3. The Labute approximate surface area is 111 Å². The van der Waals surface area contributed by atoms with Crippen LogP contribution in [0.4, 0.5) is 0 Å². The third kappa shape index (κ3) is 4.13. The molecule has 1 rings (SSSR count). The van der Waals surface area contributed by atoms with E-state index in [0.717, 1.165) is 11.3 Å². The standard InChI is InChI=1S/C13H21N3.C2H6/c1-6-7-11-8-16(10(4)5)15-13(11)12(14)9(2)3;1-2/h6-10,14H,1-5H3;1-2H3/b7-6-,14-12?;. The summed E-state index contributed by atoms with van der Waals surface area (Å²) in [7, 11) is 0. The molecule has 0 aliphatic carbocycles. The molecule has 0 aliphatic heterocycles. The van der Waals surface area contributed by atoms with Crippen molar-refractivity contribution in [3.05, 3.63) is 23.5 Å². The molecule has 0 saturated carbocycles. The van der Waals surface area contributed by atoms with Crippen molar-refractivity contribution in [2.75, 3.05) is 0 Å². The van der Waals surface area contributed by atoms with Crippen molar-refractivity contribution in [2.45, 2.75) is 54.5 Å². The lowest BCUT2D eigenvalue weighted by molar-refractivity contribution is 0.531. The molecule has 3 nitrogen and oxygen atoms in total. The molecule has 0 aromatic carbocycles. The van der Waals surface area contributed by atoms with E-state index in [0.29, 0.717) is 11.8 Å². The third-order valence-corrected chi connectivity index (χ3v) is 2.47. The molecule has 0 fully saturated rings. The van der Waals surface area contributed by atoms with Crippen molar-refractivity contribution in [3.63, 3.8) is 0 Å². The first-order valence-electron chi connectivity index (χ1n) is 6.78. The van der Waals surface area contributed by atoms with Gasteiger partial charge in [-0.25, -0.2) is 0 Å². The summed E-state index contributed by atoms with van der Waals surface area (Å²) in [6, 6.07) is 0.331. The lowest BCUT2D eigenvalue weighted by Gasteiger charge is -2.06. The van der Waals surface area contributed by atoms with Crippen LogP contribution in [0.25, 0.3) is 6.08 Å². The Morgan fingerprint density at radius 1 is 1.28 bits per heavy atom. The van der Waals surface area contributed by atoms with E-state index in [2.05, 4.69) is 18.9 Å². The summed E-state index contributed by atoms with van der Waals surface area (Å²) in [6.45, 7) is 14.2. The zero-order chi connectivity index (χ0) is 14.3. The van der Waals surface area contributed by atoms with E-state index in [-0.39, 0.29) is 5.92 Å². The highest BCUT2D eigenvalue weighted by Crippen LogP contribution is 2.16. The zero-order valence-corrected chi connectivity index (χ0v) is 12.8. The lowest BCUT2D eigenvalue weighted by Crippen LogP contribution is -2.11. The summed E-state index contributed by atoms with van der Waals surface area (Å²) in [5, 5.41) is 12.5. The normalized spacial score (nSPS) is 10.9. The fraction of sp³-hybridized carbons (Fsp3) is 0.600. The van der Waals surface area contributed by atoms with Gasteiger partial charge < -0.3 is 5.41 Å². The molecule has 0 unspecified atom stereocenters. The van der Waals surface area contributed by atoms with Crippen LogP contribution in [0.2, 0.25) is 0 Å². The first kappa shape index (κ1) is 16.6. The molecule has 0 radical (unpaired) electrons. The highest BCUT2D eigenvalue weighted by Gasteiger charge is 2.15. The Morgan fingerprint density at radius 3 is 2.22 bits per heavy atom. The maximum atomic E-state index is 8.05. The molecule has 0 bridgehead atoms. The first-order valence-corrected chi connectivity index (χ1v) is 6.78. The zero-order valence-electron chi connectivity index (χ0n) is 12.8.